The minimum Gasteiger partial charge on any atom is -0.494 e. The minimum absolute atomic E-state index is 0.126. The predicted octanol–water partition coefficient (Wildman–Crippen LogP) is 1.97. The highest BCUT2D eigenvalue weighted by Gasteiger charge is 2.17. The lowest BCUT2D eigenvalue weighted by Gasteiger charge is -2.17. The molecule has 1 heterocycles. The Bertz CT molecular complexity index is 672. The highest BCUT2D eigenvalue weighted by molar-refractivity contribution is 6.01. The summed E-state index contributed by atoms with van der Waals surface area (Å²) >= 11 is 0. The van der Waals surface area contributed by atoms with E-state index in [0.717, 1.165) is 38.9 Å². The number of unbranched alkanes of at least 4 members (excludes halogenated alkanes) is 1. The van der Waals surface area contributed by atoms with Gasteiger partial charge < -0.3 is 10.0 Å². The summed E-state index contributed by atoms with van der Waals surface area (Å²) in [6.07, 6.45) is 3.05. The molecule has 0 fully saturated rings. The van der Waals surface area contributed by atoms with Crippen LogP contribution in [0.2, 0.25) is 0 Å². The van der Waals surface area contributed by atoms with E-state index in [2.05, 4.69) is 28.7 Å². The van der Waals surface area contributed by atoms with E-state index in [0.29, 0.717) is 25.2 Å². The van der Waals surface area contributed by atoms with Crippen LogP contribution in [-0.4, -0.2) is 51.4 Å². The zero-order valence-electron chi connectivity index (χ0n) is 16.0. The van der Waals surface area contributed by atoms with Crippen LogP contribution in [0.1, 0.15) is 58.9 Å². The van der Waals surface area contributed by atoms with Gasteiger partial charge in [-0.15, -0.1) is 0 Å². The van der Waals surface area contributed by atoms with E-state index >= 15 is 0 Å². The van der Waals surface area contributed by atoms with Crippen LogP contribution in [0.25, 0.3) is 0 Å². The summed E-state index contributed by atoms with van der Waals surface area (Å²) in [5.74, 6) is -0.272. The maximum atomic E-state index is 12.2. The number of hydrogen-bond acceptors (Lipinski definition) is 5. The van der Waals surface area contributed by atoms with Crippen LogP contribution < -0.4 is 11.2 Å². The second-order valence-electron chi connectivity index (χ2n) is 6.03. The summed E-state index contributed by atoms with van der Waals surface area (Å²) in [6.45, 7) is 12.1. The van der Waals surface area contributed by atoms with E-state index in [1.165, 1.54) is 4.57 Å². The summed E-state index contributed by atoms with van der Waals surface area (Å²) in [5.41, 5.74) is -0.471. The molecule has 1 aromatic heterocycles. The van der Waals surface area contributed by atoms with Gasteiger partial charge in [-0.25, -0.2) is 4.79 Å². The van der Waals surface area contributed by atoms with E-state index in [4.69, 9.17) is 0 Å². The highest BCUT2D eigenvalue weighted by atomic mass is 16.3. The van der Waals surface area contributed by atoms with Gasteiger partial charge in [0.1, 0.15) is 5.56 Å². The molecule has 2 N–H and O–H groups in total. The quantitative estimate of drug-likeness (QED) is 0.470. The van der Waals surface area contributed by atoms with E-state index in [-0.39, 0.29) is 11.4 Å². The third-order valence-electron chi connectivity index (χ3n) is 4.36. The Kier molecular flexibility index (Phi) is 9.20. The second kappa shape index (κ2) is 10.9. The molecule has 0 aliphatic heterocycles. The van der Waals surface area contributed by atoms with Crippen molar-refractivity contribution >= 4 is 5.71 Å². The van der Waals surface area contributed by atoms with Crippen molar-refractivity contribution < 1.29 is 5.11 Å². The summed E-state index contributed by atoms with van der Waals surface area (Å²) in [6, 6.07) is 0. The van der Waals surface area contributed by atoms with Crippen molar-refractivity contribution in [2.24, 2.45) is 4.99 Å². The monoisotopic (exact) mass is 352 g/mol. The molecule has 0 aliphatic carbocycles. The van der Waals surface area contributed by atoms with Crippen LogP contribution in [0, 0.1) is 0 Å². The number of aromatic nitrogens is 2. The van der Waals surface area contributed by atoms with Crippen LogP contribution in [0.5, 0.6) is 5.88 Å². The lowest BCUT2D eigenvalue weighted by molar-refractivity contribution is 0.302. The van der Waals surface area contributed by atoms with Crippen molar-refractivity contribution in [1.82, 2.24) is 14.5 Å². The Morgan fingerprint density at radius 1 is 1.16 bits per heavy atom. The highest BCUT2D eigenvalue weighted by Crippen LogP contribution is 2.14. The van der Waals surface area contributed by atoms with Gasteiger partial charge in [0.2, 0.25) is 5.88 Å². The van der Waals surface area contributed by atoms with Crippen LogP contribution in [-0.2, 0) is 6.54 Å². The van der Waals surface area contributed by atoms with Crippen molar-refractivity contribution in [2.75, 3.05) is 26.2 Å². The van der Waals surface area contributed by atoms with E-state index in [1.807, 2.05) is 13.8 Å². The Balaban J connectivity index is 3.03. The fourth-order valence-electron chi connectivity index (χ4n) is 2.76. The van der Waals surface area contributed by atoms with Gasteiger partial charge >= 0.3 is 5.69 Å². The van der Waals surface area contributed by atoms with Crippen molar-refractivity contribution in [3.05, 3.63) is 26.4 Å². The number of aromatic amines is 1. The molecule has 1 rings (SSSR count). The van der Waals surface area contributed by atoms with Gasteiger partial charge in [0.05, 0.1) is 5.71 Å². The third-order valence-corrected chi connectivity index (χ3v) is 4.36. The summed E-state index contributed by atoms with van der Waals surface area (Å²) in [4.78, 5) is 33.3. The molecule has 7 nitrogen and oxygen atoms in total. The number of nitrogens with zero attached hydrogens (tertiary/aromatic N) is 3. The number of nitrogens with one attached hydrogen (secondary N) is 1. The zero-order valence-corrected chi connectivity index (χ0v) is 16.0. The fraction of sp³-hybridized carbons (Fsp3) is 0.722. The molecular formula is C18H32N4O3. The van der Waals surface area contributed by atoms with E-state index in [9.17, 15) is 14.7 Å². The molecule has 0 atom stereocenters. The first-order chi connectivity index (χ1) is 12.0. The molecule has 0 aliphatic rings. The van der Waals surface area contributed by atoms with E-state index < -0.39 is 11.2 Å². The molecule has 0 saturated heterocycles. The largest absolute Gasteiger partial charge is 0.494 e. The molecule has 0 unspecified atom stereocenters. The average molecular weight is 352 g/mol. The topological polar surface area (TPSA) is 90.7 Å². The zero-order chi connectivity index (χ0) is 18.8. The first kappa shape index (κ1) is 21.2. The van der Waals surface area contributed by atoms with Gasteiger partial charge in [-0.1, -0.05) is 34.1 Å². The summed E-state index contributed by atoms with van der Waals surface area (Å²) in [7, 11) is 0. The number of aromatic hydroxyl groups is 1. The normalized spacial score (nSPS) is 12.1. The molecule has 0 bridgehead atoms. The summed E-state index contributed by atoms with van der Waals surface area (Å²) in [5, 5.41) is 10.5. The molecule has 0 saturated carbocycles. The molecule has 0 radical (unpaired) electrons. The van der Waals surface area contributed by atoms with Gasteiger partial charge in [-0.05, 0) is 38.9 Å². The Morgan fingerprint density at radius 3 is 2.40 bits per heavy atom. The molecule has 0 amide bonds. The minimum atomic E-state index is -0.573. The van der Waals surface area contributed by atoms with Crippen LogP contribution in [0.3, 0.4) is 0 Å². The average Bonchev–Trinajstić information content (AvgIpc) is 2.59. The maximum absolute atomic E-state index is 12.2. The van der Waals surface area contributed by atoms with Crippen molar-refractivity contribution in [1.29, 1.82) is 0 Å². The van der Waals surface area contributed by atoms with Crippen LogP contribution in [0.4, 0.5) is 0 Å². The number of aliphatic imine (C=N–C) groups is 1. The Labute approximate surface area is 149 Å². The summed E-state index contributed by atoms with van der Waals surface area (Å²) < 4.78 is 1.22. The molecule has 142 valence electrons. The maximum Gasteiger partial charge on any atom is 0.331 e. The number of hydrogen-bond donors (Lipinski definition) is 2. The number of rotatable bonds is 11. The van der Waals surface area contributed by atoms with Gasteiger partial charge in [0.25, 0.3) is 5.56 Å². The van der Waals surface area contributed by atoms with Crippen molar-refractivity contribution in [3.8, 4) is 5.88 Å². The van der Waals surface area contributed by atoms with Crippen molar-refractivity contribution in [2.45, 2.75) is 59.9 Å². The van der Waals surface area contributed by atoms with Gasteiger partial charge in [-0.2, -0.15) is 0 Å². The molecule has 1 aromatic rings. The molecule has 25 heavy (non-hydrogen) atoms. The smallest absolute Gasteiger partial charge is 0.331 e. The van der Waals surface area contributed by atoms with Gasteiger partial charge in [0, 0.05) is 13.1 Å². The lowest BCUT2D eigenvalue weighted by atomic mass is 10.1. The first-order valence-electron chi connectivity index (χ1n) is 9.32. The fourth-order valence-corrected chi connectivity index (χ4v) is 2.76. The Morgan fingerprint density at radius 2 is 1.84 bits per heavy atom. The third kappa shape index (κ3) is 5.85. The first-order valence-corrected chi connectivity index (χ1v) is 9.32. The van der Waals surface area contributed by atoms with Crippen LogP contribution in [0.15, 0.2) is 14.6 Å². The number of H-pyrrole nitrogens is 1. The molecular weight excluding hydrogens is 320 g/mol. The molecule has 0 spiro atoms. The van der Waals surface area contributed by atoms with Gasteiger partial charge in [-0.3, -0.25) is 19.3 Å². The van der Waals surface area contributed by atoms with Gasteiger partial charge in [0.15, 0.2) is 0 Å². The van der Waals surface area contributed by atoms with Crippen molar-refractivity contribution in [3.63, 3.8) is 0 Å². The van der Waals surface area contributed by atoms with E-state index in [1.54, 1.807) is 0 Å². The molecule has 0 aromatic carbocycles. The molecule has 7 heteroatoms. The second-order valence-corrected chi connectivity index (χ2v) is 6.03. The van der Waals surface area contributed by atoms with Crippen LogP contribution >= 0.6 is 0 Å². The predicted molar refractivity (Wildman–Crippen MR) is 102 cm³/mol. The lowest BCUT2D eigenvalue weighted by Crippen LogP contribution is -2.34. The SMILES string of the molecule is CCCCn1c(O)c(C(CC)=NCCCN(CC)CC)c(=O)[nH]c1=O. The Hall–Kier alpha value is -1.89. The standard InChI is InChI=1S/C18H32N4O3/c1-5-9-13-22-17(24)15(16(23)20-18(22)25)14(6-2)19-11-10-12-21(7-3)8-4/h24H,5-13H2,1-4H3,(H,20,23,25).